The lowest BCUT2D eigenvalue weighted by molar-refractivity contribution is -0.119. The zero-order chi connectivity index (χ0) is 13.8. The number of methoxy groups -OCH3 is 1. The second kappa shape index (κ2) is 5.97. The first-order valence-electron chi connectivity index (χ1n) is 5.93. The van der Waals surface area contributed by atoms with Crippen LogP contribution in [-0.4, -0.2) is 35.4 Å². The summed E-state index contributed by atoms with van der Waals surface area (Å²) in [5.74, 6) is 0.287. The van der Waals surface area contributed by atoms with Crippen LogP contribution in [0.1, 0.15) is 20.8 Å². The average molecular weight is 254 g/mol. The molecule has 0 aliphatic carbocycles. The van der Waals surface area contributed by atoms with Crippen molar-refractivity contribution in [2.75, 3.05) is 19.0 Å². The van der Waals surface area contributed by atoms with Crippen molar-refractivity contribution in [3.8, 4) is 0 Å². The van der Waals surface area contributed by atoms with E-state index in [2.05, 4.69) is 10.4 Å². The molecule has 0 saturated carbocycles. The Labute approximate surface area is 107 Å². The normalized spacial score (nSPS) is 13.4. The summed E-state index contributed by atoms with van der Waals surface area (Å²) < 4.78 is 6.66. The van der Waals surface area contributed by atoms with E-state index in [-0.39, 0.29) is 11.3 Å². The lowest BCUT2D eigenvalue weighted by atomic mass is 9.87. The number of carbonyl (C=O) groups is 1. The van der Waals surface area contributed by atoms with E-state index in [0.29, 0.717) is 19.0 Å². The standard InChI is InChI=1S/C12H22N4O2/c1-12(2,3)10(13)11(17)14-9-5-6-16(15-9)7-8-18-4/h5-6,10H,7-8,13H2,1-4H3,(H,14,15,17)/t10-/m1/s1. The fourth-order valence-corrected chi connectivity index (χ4v) is 1.33. The molecule has 0 unspecified atom stereocenters. The van der Waals surface area contributed by atoms with Crippen molar-refractivity contribution in [1.82, 2.24) is 9.78 Å². The maximum absolute atomic E-state index is 11.9. The summed E-state index contributed by atoms with van der Waals surface area (Å²) in [6.45, 7) is 7.01. The maximum atomic E-state index is 11.9. The van der Waals surface area contributed by atoms with Crippen LogP contribution in [0.3, 0.4) is 0 Å². The molecule has 102 valence electrons. The van der Waals surface area contributed by atoms with Crippen LogP contribution < -0.4 is 11.1 Å². The van der Waals surface area contributed by atoms with E-state index in [9.17, 15) is 4.79 Å². The predicted octanol–water partition coefficient (Wildman–Crippen LogP) is 0.841. The first-order chi connectivity index (χ1) is 8.34. The SMILES string of the molecule is COCCn1ccc(NC(=O)[C@@H](N)C(C)(C)C)n1. The van der Waals surface area contributed by atoms with Gasteiger partial charge in [0.1, 0.15) is 0 Å². The average Bonchev–Trinajstić information content (AvgIpc) is 2.71. The van der Waals surface area contributed by atoms with Crippen LogP contribution in [0.5, 0.6) is 0 Å². The summed E-state index contributed by atoms with van der Waals surface area (Å²) in [7, 11) is 1.63. The largest absolute Gasteiger partial charge is 0.383 e. The Morgan fingerprint density at radius 3 is 2.83 bits per heavy atom. The second-order valence-electron chi connectivity index (χ2n) is 5.29. The molecular weight excluding hydrogens is 232 g/mol. The van der Waals surface area contributed by atoms with E-state index in [1.165, 1.54) is 0 Å². The van der Waals surface area contributed by atoms with Gasteiger partial charge < -0.3 is 15.8 Å². The van der Waals surface area contributed by atoms with E-state index in [0.717, 1.165) is 0 Å². The number of anilines is 1. The summed E-state index contributed by atoms with van der Waals surface area (Å²) >= 11 is 0. The number of nitrogens with zero attached hydrogens (tertiary/aromatic N) is 2. The molecule has 1 rings (SSSR count). The third-order valence-corrected chi connectivity index (χ3v) is 2.63. The summed E-state index contributed by atoms with van der Waals surface area (Å²) in [5.41, 5.74) is 5.59. The number of ether oxygens (including phenoxy) is 1. The number of hydrogen-bond acceptors (Lipinski definition) is 4. The number of aromatic nitrogens is 2. The quantitative estimate of drug-likeness (QED) is 0.815. The zero-order valence-corrected chi connectivity index (χ0v) is 11.4. The fourth-order valence-electron chi connectivity index (χ4n) is 1.33. The molecule has 6 nitrogen and oxygen atoms in total. The van der Waals surface area contributed by atoms with Crippen molar-refractivity contribution >= 4 is 11.7 Å². The fraction of sp³-hybridized carbons (Fsp3) is 0.667. The highest BCUT2D eigenvalue weighted by atomic mass is 16.5. The molecule has 3 N–H and O–H groups in total. The van der Waals surface area contributed by atoms with Gasteiger partial charge in [0.25, 0.3) is 0 Å². The van der Waals surface area contributed by atoms with Crippen LogP contribution in [0.4, 0.5) is 5.82 Å². The Balaban J connectivity index is 2.57. The van der Waals surface area contributed by atoms with Crippen molar-refractivity contribution < 1.29 is 9.53 Å². The minimum Gasteiger partial charge on any atom is -0.383 e. The summed E-state index contributed by atoms with van der Waals surface area (Å²) in [6.07, 6.45) is 1.79. The Morgan fingerprint density at radius 2 is 2.28 bits per heavy atom. The third kappa shape index (κ3) is 4.12. The van der Waals surface area contributed by atoms with Crippen LogP contribution in [0.2, 0.25) is 0 Å². The van der Waals surface area contributed by atoms with Crippen molar-refractivity contribution in [1.29, 1.82) is 0 Å². The van der Waals surface area contributed by atoms with Crippen LogP contribution in [0.25, 0.3) is 0 Å². The molecule has 0 aliphatic heterocycles. The van der Waals surface area contributed by atoms with Gasteiger partial charge in [0, 0.05) is 19.4 Å². The zero-order valence-electron chi connectivity index (χ0n) is 11.4. The van der Waals surface area contributed by atoms with Gasteiger partial charge in [-0.05, 0) is 5.41 Å². The number of carbonyl (C=O) groups excluding carboxylic acids is 1. The van der Waals surface area contributed by atoms with E-state index < -0.39 is 6.04 Å². The number of rotatable bonds is 5. The van der Waals surface area contributed by atoms with Crippen molar-refractivity contribution in [3.63, 3.8) is 0 Å². The predicted molar refractivity (Wildman–Crippen MR) is 70.2 cm³/mol. The molecule has 1 heterocycles. The summed E-state index contributed by atoms with van der Waals surface area (Å²) in [4.78, 5) is 11.9. The Hall–Kier alpha value is -1.40. The molecule has 1 aromatic rings. The molecule has 0 aliphatic rings. The Morgan fingerprint density at radius 1 is 1.61 bits per heavy atom. The second-order valence-corrected chi connectivity index (χ2v) is 5.29. The summed E-state index contributed by atoms with van der Waals surface area (Å²) in [5, 5.41) is 6.91. The number of nitrogens with one attached hydrogen (secondary N) is 1. The molecule has 1 atom stereocenters. The molecule has 0 radical (unpaired) electrons. The first kappa shape index (κ1) is 14.7. The van der Waals surface area contributed by atoms with Gasteiger partial charge in [-0.2, -0.15) is 5.10 Å². The van der Waals surface area contributed by atoms with Gasteiger partial charge in [0.15, 0.2) is 5.82 Å². The minimum absolute atomic E-state index is 0.223. The number of nitrogens with two attached hydrogens (primary N) is 1. The van der Waals surface area contributed by atoms with Gasteiger partial charge in [0.05, 0.1) is 19.2 Å². The van der Waals surface area contributed by atoms with E-state index >= 15 is 0 Å². The monoisotopic (exact) mass is 254 g/mol. The topological polar surface area (TPSA) is 82.2 Å². The highest BCUT2D eigenvalue weighted by Gasteiger charge is 2.27. The van der Waals surface area contributed by atoms with E-state index in [1.54, 1.807) is 24.1 Å². The molecule has 1 amide bonds. The first-order valence-corrected chi connectivity index (χ1v) is 5.93. The lowest BCUT2D eigenvalue weighted by Gasteiger charge is -2.25. The molecule has 0 saturated heterocycles. The highest BCUT2D eigenvalue weighted by molar-refractivity contribution is 5.94. The van der Waals surface area contributed by atoms with Crippen LogP contribution >= 0.6 is 0 Å². The van der Waals surface area contributed by atoms with Gasteiger partial charge in [0.2, 0.25) is 5.91 Å². The molecule has 0 spiro atoms. The van der Waals surface area contributed by atoms with Gasteiger partial charge in [-0.1, -0.05) is 20.8 Å². The van der Waals surface area contributed by atoms with Crippen LogP contribution in [0.15, 0.2) is 12.3 Å². The van der Waals surface area contributed by atoms with Gasteiger partial charge in [-0.15, -0.1) is 0 Å². The molecule has 1 aromatic heterocycles. The molecular formula is C12H22N4O2. The highest BCUT2D eigenvalue weighted by Crippen LogP contribution is 2.18. The van der Waals surface area contributed by atoms with Gasteiger partial charge in [-0.3, -0.25) is 9.48 Å². The third-order valence-electron chi connectivity index (χ3n) is 2.63. The Bertz CT molecular complexity index is 395. The van der Waals surface area contributed by atoms with E-state index in [1.807, 2.05) is 20.8 Å². The van der Waals surface area contributed by atoms with Crippen LogP contribution in [0, 0.1) is 5.41 Å². The van der Waals surface area contributed by atoms with Gasteiger partial charge >= 0.3 is 0 Å². The molecule has 0 fully saturated rings. The van der Waals surface area contributed by atoms with Gasteiger partial charge in [-0.25, -0.2) is 0 Å². The van der Waals surface area contributed by atoms with Crippen molar-refractivity contribution in [2.24, 2.45) is 11.1 Å². The van der Waals surface area contributed by atoms with Crippen molar-refractivity contribution in [2.45, 2.75) is 33.4 Å². The molecule has 0 aromatic carbocycles. The lowest BCUT2D eigenvalue weighted by Crippen LogP contribution is -2.45. The minimum atomic E-state index is -0.568. The smallest absolute Gasteiger partial charge is 0.243 e. The maximum Gasteiger partial charge on any atom is 0.243 e. The van der Waals surface area contributed by atoms with Crippen LogP contribution in [-0.2, 0) is 16.1 Å². The van der Waals surface area contributed by atoms with Crippen molar-refractivity contribution in [3.05, 3.63) is 12.3 Å². The molecule has 0 bridgehead atoms. The number of hydrogen-bond donors (Lipinski definition) is 2. The molecule has 18 heavy (non-hydrogen) atoms. The summed E-state index contributed by atoms with van der Waals surface area (Å²) in [6, 6.07) is 1.17. The molecule has 6 heteroatoms. The Kier molecular flexibility index (Phi) is 4.86. The van der Waals surface area contributed by atoms with E-state index in [4.69, 9.17) is 10.5 Å². The number of amides is 1.